The summed E-state index contributed by atoms with van der Waals surface area (Å²) in [5.74, 6) is 0.0812. The van der Waals surface area contributed by atoms with Crippen LogP contribution in [0.2, 0.25) is 0 Å². The van der Waals surface area contributed by atoms with E-state index in [0.29, 0.717) is 24.5 Å². The summed E-state index contributed by atoms with van der Waals surface area (Å²) in [7, 11) is 0. The number of esters is 1. The summed E-state index contributed by atoms with van der Waals surface area (Å²) in [5.41, 5.74) is 0.479. The first kappa shape index (κ1) is 19.0. The summed E-state index contributed by atoms with van der Waals surface area (Å²) in [6.07, 6.45) is 0. The third-order valence-corrected chi connectivity index (χ3v) is 3.77. The highest BCUT2D eigenvalue weighted by molar-refractivity contribution is 5.91. The molecule has 0 saturated heterocycles. The van der Waals surface area contributed by atoms with Crippen molar-refractivity contribution in [3.63, 3.8) is 0 Å². The summed E-state index contributed by atoms with van der Waals surface area (Å²) >= 11 is 0. The van der Waals surface area contributed by atoms with Crippen molar-refractivity contribution in [1.29, 1.82) is 0 Å². The van der Waals surface area contributed by atoms with Crippen molar-refractivity contribution in [3.8, 4) is 17.2 Å². The van der Waals surface area contributed by atoms with Gasteiger partial charge in [-0.15, -0.1) is 0 Å². The number of carbonyl (C=O) groups excluding carboxylic acids is 1. The number of rotatable bonds is 8. The maximum absolute atomic E-state index is 12.2. The Kier molecular flexibility index (Phi) is 6.25. The second kappa shape index (κ2) is 9.23. The van der Waals surface area contributed by atoms with Crippen LogP contribution in [0.25, 0.3) is 0 Å². The Balaban J connectivity index is 1.47. The van der Waals surface area contributed by atoms with E-state index in [4.69, 9.17) is 19.3 Å². The lowest BCUT2D eigenvalue weighted by atomic mass is 10.2. The van der Waals surface area contributed by atoms with Gasteiger partial charge in [-0.3, -0.25) is 0 Å². The molecule has 0 aromatic heterocycles. The zero-order valence-corrected chi connectivity index (χ0v) is 14.9. The minimum absolute atomic E-state index is 0.123. The first-order valence-electron chi connectivity index (χ1n) is 8.58. The summed E-state index contributed by atoms with van der Waals surface area (Å²) < 4.78 is 16.4. The van der Waals surface area contributed by atoms with Gasteiger partial charge in [0.2, 0.25) is 0 Å². The molecule has 3 aromatic rings. The highest BCUT2D eigenvalue weighted by atomic mass is 16.5. The Labute approximate surface area is 161 Å². The van der Waals surface area contributed by atoms with Crippen LogP contribution in [0.4, 0.5) is 0 Å². The summed E-state index contributed by atoms with van der Waals surface area (Å²) in [6, 6.07) is 21.6. The van der Waals surface area contributed by atoms with E-state index >= 15 is 0 Å². The van der Waals surface area contributed by atoms with Crippen molar-refractivity contribution < 1.29 is 28.9 Å². The Hall–Kier alpha value is -3.80. The summed E-state index contributed by atoms with van der Waals surface area (Å²) in [4.78, 5) is 23.0. The van der Waals surface area contributed by atoms with Crippen molar-refractivity contribution in [2.75, 3.05) is 13.2 Å². The first-order chi connectivity index (χ1) is 13.6. The number of carboxylic acid groups (broad SMARTS) is 1. The quantitative estimate of drug-likeness (QED) is 0.362. The van der Waals surface area contributed by atoms with E-state index in [1.807, 2.05) is 30.3 Å². The molecule has 1 N–H and O–H groups in total. The molecule has 0 bridgehead atoms. The largest absolute Gasteiger partial charge is 0.490 e. The van der Waals surface area contributed by atoms with Crippen LogP contribution in [0, 0.1) is 0 Å². The van der Waals surface area contributed by atoms with Gasteiger partial charge in [-0.2, -0.15) is 0 Å². The summed E-state index contributed by atoms with van der Waals surface area (Å²) in [6.45, 7) is 0.773. The topological polar surface area (TPSA) is 82.1 Å². The number of carboxylic acids is 1. The predicted molar refractivity (Wildman–Crippen MR) is 102 cm³/mol. The lowest BCUT2D eigenvalue weighted by Gasteiger charge is -2.09. The van der Waals surface area contributed by atoms with Crippen LogP contribution in [0.1, 0.15) is 20.7 Å². The van der Waals surface area contributed by atoms with Gasteiger partial charge in [0.05, 0.1) is 11.1 Å². The van der Waals surface area contributed by atoms with Gasteiger partial charge in [-0.1, -0.05) is 18.2 Å². The maximum atomic E-state index is 12.2. The molecule has 0 radical (unpaired) electrons. The fourth-order valence-electron chi connectivity index (χ4n) is 2.35. The van der Waals surface area contributed by atoms with Crippen molar-refractivity contribution in [3.05, 3.63) is 90.0 Å². The molecule has 142 valence electrons. The van der Waals surface area contributed by atoms with Crippen LogP contribution in [0.3, 0.4) is 0 Å². The van der Waals surface area contributed by atoms with Gasteiger partial charge in [-0.25, -0.2) is 9.59 Å². The van der Waals surface area contributed by atoms with E-state index in [1.54, 1.807) is 24.3 Å². The molecule has 0 aliphatic carbocycles. The van der Waals surface area contributed by atoms with E-state index in [1.165, 1.54) is 24.3 Å². The Morgan fingerprint density at radius 3 is 1.71 bits per heavy atom. The van der Waals surface area contributed by atoms with Crippen molar-refractivity contribution >= 4 is 11.9 Å². The zero-order chi connectivity index (χ0) is 19.8. The fourth-order valence-corrected chi connectivity index (χ4v) is 2.35. The SMILES string of the molecule is O=C(O)c1ccc(OC(=O)c2ccc(OCCOc3ccccc3)cc2)cc1. The fraction of sp³-hybridized carbons (Fsp3) is 0.0909. The number of hydrogen-bond donors (Lipinski definition) is 1. The summed E-state index contributed by atoms with van der Waals surface area (Å²) in [5, 5.41) is 8.87. The second-order valence-corrected chi connectivity index (χ2v) is 5.75. The van der Waals surface area contributed by atoms with Gasteiger partial charge in [0.15, 0.2) is 0 Å². The first-order valence-corrected chi connectivity index (χ1v) is 8.58. The average Bonchev–Trinajstić information content (AvgIpc) is 2.73. The van der Waals surface area contributed by atoms with Crippen molar-refractivity contribution in [2.24, 2.45) is 0 Å². The number of aromatic carboxylic acids is 1. The lowest BCUT2D eigenvalue weighted by molar-refractivity contribution is 0.0696. The van der Waals surface area contributed by atoms with E-state index in [0.717, 1.165) is 5.75 Å². The smallest absolute Gasteiger partial charge is 0.343 e. The highest BCUT2D eigenvalue weighted by Gasteiger charge is 2.10. The number of carbonyl (C=O) groups is 2. The lowest BCUT2D eigenvalue weighted by Crippen LogP contribution is -2.10. The molecule has 0 aliphatic rings. The molecule has 0 amide bonds. The zero-order valence-electron chi connectivity index (χ0n) is 14.9. The third-order valence-electron chi connectivity index (χ3n) is 3.77. The predicted octanol–water partition coefficient (Wildman–Crippen LogP) is 4.06. The van der Waals surface area contributed by atoms with Gasteiger partial charge in [0.25, 0.3) is 0 Å². The van der Waals surface area contributed by atoms with Crippen molar-refractivity contribution in [2.45, 2.75) is 0 Å². The van der Waals surface area contributed by atoms with Crippen LogP contribution in [-0.4, -0.2) is 30.3 Å². The number of benzene rings is 3. The minimum Gasteiger partial charge on any atom is -0.490 e. The molecule has 3 rings (SSSR count). The van der Waals surface area contributed by atoms with E-state index < -0.39 is 11.9 Å². The van der Waals surface area contributed by atoms with Crippen LogP contribution in [-0.2, 0) is 0 Å². The van der Waals surface area contributed by atoms with E-state index in [9.17, 15) is 9.59 Å². The normalized spacial score (nSPS) is 10.1. The highest BCUT2D eigenvalue weighted by Crippen LogP contribution is 2.17. The van der Waals surface area contributed by atoms with Gasteiger partial charge in [0, 0.05) is 0 Å². The van der Waals surface area contributed by atoms with Crippen LogP contribution in [0.15, 0.2) is 78.9 Å². The number of ether oxygens (including phenoxy) is 3. The number of hydrogen-bond acceptors (Lipinski definition) is 5. The van der Waals surface area contributed by atoms with Gasteiger partial charge in [-0.05, 0) is 60.7 Å². The molecule has 0 saturated carbocycles. The standard InChI is InChI=1S/C22H18O6/c23-21(24)16-6-12-20(13-7-16)28-22(25)17-8-10-19(11-9-17)27-15-14-26-18-4-2-1-3-5-18/h1-13H,14-15H2,(H,23,24). The molecule has 0 atom stereocenters. The Morgan fingerprint density at radius 1 is 0.643 bits per heavy atom. The molecule has 28 heavy (non-hydrogen) atoms. The Bertz CT molecular complexity index is 918. The third kappa shape index (κ3) is 5.35. The van der Waals surface area contributed by atoms with Gasteiger partial charge >= 0.3 is 11.9 Å². The van der Waals surface area contributed by atoms with Crippen LogP contribution >= 0.6 is 0 Å². The number of para-hydroxylation sites is 1. The van der Waals surface area contributed by atoms with Crippen LogP contribution < -0.4 is 14.2 Å². The molecular weight excluding hydrogens is 360 g/mol. The molecule has 0 heterocycles. The maximum Gasteiger partial charge on any atom is 0.343 e. The van der Waals surface area contributed by atoms with Crippen molar-refractivity contribution in [1.82, 2.24) is 0 Å². The molecular formula is C22H18O6. The monoisotopic (exact) mass is 378 g/mol. The van der Waals surface area contributed by atoms with Crippen LogP contribution in [0.5, 0.6) is 17.2 Å². The molecule has 0 aliphatic heterocycles. The average molecular weight is 378 g/mol. The molecule has 6 heteroatoms. The van der Waals surface area contributed by atoms with Gasteiger partial charge < -0.3 is 19.3 Å². The Morgan fingerprint density at radius 2 is 1.14 bits per heavy atom. The molecule has 0 fully saturated rings. The molecule has 0 spiro atoms. The second-order valence-electron chi connectivity index (χ2n) is 5.75. The minimum atomic E-state index is -1.04. The van der Waals surface area contributed by atoms with E-state index in [2.05, 4.69) is 0 Å². The van der Waals surface area contributed by atoms with E-state index in [-0.39, 0.29) is 11.3 Å². The molecule has 0 unspecified atom stereocenters. The molecule has 6 nitrogen and oxygen atoms in total. The molecule has 3 aromatic carbocycles. The van der Waals surface area contributed by atoms with Gasteiger partial charge in [0.1, 0.15) is 30.5 Å².